The summed E-state index contributed by atoms with van der Waals surface area (Å²) in [5.74, 6) is 0.0300. The van der Waals surface area contributed by atoms with Crippen molar-refractivity contribution in [2.45, 2.75) is 46.2 Å². The van der Waals surface area contributed by atoms with E-state index in [2.05, 4.69) is 4.98 Å². The number of carbonyl (C=O) groups is 1. The highest BCUT2D eigenvalue weighted by Gasteiger charge is 2.24. The third-order valence-electron chi connectivity index (χ3n) is 4.11. The highest BCUT2D eigenvalue weighted by atomic mass is 16.2. The smallest absolute Gasteiger partial charge is 0.294 e. The Kier molecular flexibility index (Phi) is 3.23. The van der Waals surface area contributed by atoms with Crippen molar-refractivity contribution in [2.24, 2.45) is 0 Å². The number of Topliss-reactive ketones (excluding diaryl/α,β-unsaturated/α-hetero) is 1. The molecule has 0 saturated heterocycles. The molecule has 6 nitrogen and oxygen atoms in total. The van der Waals surface area contributed by atoms with Crippen molar-refractivity contribution in [3.8, 4) is 0 Å². The zero-order valence-corrected chi connectivity index (χ0v) is 12.2. The number of ketones is 1. The van der Waals surface area contributed by atoms with E-state index in [1.807, 2.05) is 6.92 Å². The molecular formula is C15H17N3O3. The summed E-state index contributed by atoms with van der Waals surface area (Å²) >= 11 is 0. The van der Waals surface area contributed by atoms with E-state index < -0.39 is 0 Å². The van der Waals surface area contributed by atoms with Crippen LogP contribution < -0.4 is 11.2 Å². The van der Waals surface area contributed by atoms with Crippen molar-refractivity contribution < 1.29 is 4.79 Å². The monoisotopic (exact) mass is 287 g/mol. The van der Waals surface area contributed by atoms with Gasteiger partial charge in [0, 0.05) is 31.3 Å². The summed E-state index contributed by atoms with van der Waals surface area (Å²) in [6.45, 7) is 4.36. The summed E-state index contributed by atoms with van der Waals surface area (Å²) < 4.78 is 2.71. The van der Waals surface area contributed by atoms with Gasteiger partial charge in [-0.05, 0) is 32.3 Å². The molecule has 0 fully saturated rings. The van der Waals surface area contributed by atoms with Gasteiger partial charge in [-0.15, -0.1) is 0 Å². The summed E-state index contributed by atoms with van der Waals surface area (Å²) in [4.78, 5) is 41.2. The van der Waals surface area contributed by atoms with E-state index in [4.69, 9.17) is 0 Å². The van der Waals surface area contributed by atoms with Crippen molar-refractivity contribution in [3.63, 3.8) is 0 Å². The van der Waals surface area contributed by atoms with E-state index in [-0.39, 0.29) is 17.0 Å². The SMILES string of the molecule is CCn1c(=O)c2c3c(cnc2n(CC)c1=O)C(=O)CCC3. The Morgan fingerprint density at radius 1 is 1.10 bits per heavy atom. The van der Waals surface area contributed by atoms with Gasteiger partial charge in [0.15, 0.2) is 5.78 Å². The van der Waals surface area contributed by atoms with Gasteiger partial charge in [-0.2, -0.15) is 0 Å². The van der Waals surface area contributed by atoms with Crippen LogP contribution in [0.25, 0.3) is 11.0 Å². The first-order chi connectivity index (χ1) is 10.1. The van der Waals surface area contributed by atoms with E-state index in [0.717, 1.165) is 12.0 Å². The molecular weight excluding hydrogens is 270 g/mol. The molecule has 0 aliphatic heterocycles. The first-order valence-corrected chi connectivity index (χ1v) is 7.28. The average molecular weight is 287 g/mol. The molecule has 0 amide bonds. The predicted octanol–water partition coefficient (Wildman–Crippen LogP) is 1.12. The Bertz CT molecular complexity index is 861. The number of rotatable bonds is 2. The van der Waals surface area contributed by atoms with Crippen molar-refractivity contribution in [2.75, 3.05) is 0 Å². The Hall–Kier alpha value is -2.24. The lowest BCUT2D eigenvalue weighted by Crippen LogP contribution is -2.40. The van der Waals surface area contributed by atoms with Gasteiger partial charge in [0.25, 0.3) is 5.56 Å². The van der Waals surface area contributed by atoms with E-state index in [9.17, 15) is 14.4 Å². The molecule has 0 spiro atoms. The second-order valence-corrected chi connectivity index (χ2v) is 5.20. The van der Waals surface area contributed by atoms with E-state index in [0.29, 0.717) is 42.5 Å². The van der Waals surface area contributed by atoms with Crippen molar-refractivity contribution in [1.29, 1.82) is 0 Å². The predicted molar refractivity (Wildman–Crippen MR) is 78.9 cm³/mol. The maximum Gasteiger partial charge on any atom is 0.332 e. The molecule has 2 aromatic rings. The minimum Gasteiger partial charge on any atom is -0.294 e. The van der Waals surface area contributed by atoms with Crippen LogP contribution in [0.15, 0.2) is 15.8 Å². The van der Waals surface area contributed by atoms with Gasteiger partial charge < -0.3 is 0 Å². The van der Waals surface area contributed by atoms with Crippen LogP contribution >= 0.6 is 0 Å². The minimum absolute atomic E-state index is 0.0300. The molecule has 2 aromatic heterocycles. The van der Waals surface area contributed by atoms with Gasteiger partial charge in [-0.3, -0.25) is 18.7 Å². The van der Waals surface area contributed by atoms with Gasteiger partial charge in [0.05, 0.1) is 5.39 Å². The normalized spacial score (nSPS) is 14.5. The number of carbonyl (C=O) groups excluding carboxylic acids is 1. The molecule has 2 heterocycles. The van der Waals surface area contributed by atoms with Crippen LogP contribution in [0.1, 0.15) is 42.6 Å². The number of aryl methyl sites for hydroxylation is 2. The molecule has 0 atom stereocenters. The molecule has 21 heavy (non-hydrogen) atoms. The Morgan fingerprint density at radius 2 is 1.81 bits per heavy atom. The van der Waals surface area contributed by atoms with Crippen molar-refractivity contribution in [3.05, 3.63) is 38.2 Å². The molecule has 1 aliphatic rings. The van der Waals surface area contributed by atoms with Gasteiger partial charge in [0.1, 0.15) is 5.65 Å². The largest absolute Gasteiger partial charge is 0.332 e. The zero-order valence-electron chi connectivity index (χ0n) is 12.2. The van der Waals surface area contributed by atoms with E-state index in [1.54, 1.807) is 6.92 Å². The number of aromatic nitrogens is 3. The number of hydrogen-bond donors (Lipinski definition) is 0. The first-order valence-electron chi connectivity index (χ1n) is 7.28. The third kappa shape index (κ3) is 1.86. The fourth-order valence-electron chi connectivity index (χ4n) is 3.05. The minimum atomic E-state index is -0.341. The number of fused-ring (bicyclic) bond motifs is 3. The molecule has 0 N–H and O–H groups in total. The summed E-state index contributed by atoms with van der Waals surface area (Å²) in [6, 6.07) is 0. The maximum absolute atomic E-state index is 12.6. The Labute approximate surface area is 121 Å². The summed E-state index contributed by atoms with van der Waals surface area (Å²) in [6.07, 6.45) is 3.43. The lowest BCUT2D eigenvalue weighted by molar-refractivity contribution is 0.0972. The molecule has 0 saturated carbocycles. The number of hydrogen-bond acceptors (Lipinski definition) is 4. The quantitative estimate of drug-likeness (QED) is 0.829. The van der Waals surface area contributed by atoms with Gasteiger partial charge in [-0.1, -0.05) is 0 Å². The lowest BCUT2D eigenvalue weighted by Gasteiger charge is -2.18. The van der Waals surface area contributed by atoms with Gasteiger partial charge in [0.2, 0.25) is 0 Å². The first kappa shape index (κ1) is 13.7. The maximum atomic E-state index is 12.6. The lowest BCUT2D eigenvalue weighted by atomic mass is 9.90. The fraction of sp³-hybridized carbons (Fsp3) is 0.467. The summed E-state index contributed by atoms with van der Waals surface area (Å²) in [5, 5.41) is 0.434. The molecule has 3 rings (SSSR count). The third-order valence-corrected chi connectivity index (χ3v) is 4.11. The second kappa shape index (κ2) is 4.95. The van der Waals surface area contributed by atoms with Crippen LogP contribution in [0.3, 0.4) is 0 Å². The Balaban J connectivity index is 2.55. The standard InChI is InChI=1S/C15H17N3O3/c1-3-17-13-12(14(20)18(4-2)15(17)21)9-6-5-7-11(19)10(9)8-16-13/h8H,3-7H2,1-2H3. The summed E-state index contributed by atoms with van der Waals surface area (Å²) in [5.41, 5.74) is 1.01. The molecule has 0 aromatic carbocycles. The van der Waals surface area contributed by atoms with Gasteiger partial charge in [-0.25, -0.2) is 9.78 Å². The van der Waals surface area contributed by atoms with Crippen molar-refractivity contribution >= 4 is 16.8 Å². The van der Waals surface area contributed by atoms with E-state index in [1.165, 1.54) is 15.3 Å². The van der Waals surface area contributed by atoms with Crippen LogP contribution in [-0.4, -0.2) is 19.9 Å². The van der Waals surface area contributed by atoms with Crippen LogP contribution in [-0.2, 0) is 19.5 Å². The van der Waals surface area contributed by atoms with Gasteiger partial charge >= 0.3 is 5.69 Å². The molecule has 110 valence electrons. The highest BCUT2D eigenvalue weighted by molar-refractivity contribution is 6.01. The molecule has 0 radical (unpaired) electrons. The zero-order chi connectivity index (χ0) is 15.1. The number of pyridine rings is 1. The molecule has 0 unspecified atom stereocenters. The Morgan fingerprint density at radius 3 is 2.48 bits per heavy atom. The van der Waals surface area contributed by atoms with Crippen LogP contribution in [0, 0.1) is 0 Å². The van der Waals surface area contributed by atoms with Crippen LogP contribution in [0.2, 0.25) is 0 Å². The molecule has 0 bridgehead atoms. The average Bonchev–Trinajstić information content (AvgIpc) is 2.48. The summed E-state index contributed by atoms with van der Waals surface area (Å²) in [7, 11) is 0. The second-order valence-electron chi connectivity index (χ2n) is 5.20. The van der Waals surface area contributed by atoms with Crippen molar-refractivity contribution in [1.82, 2.24) is 14.1 Å². The van der Waals surface area contributed by atoms with Crippen LogP contribution in [0.5, 0.6) is 0 Å². The van der Waals surface area contributed by atoms with Crippen LogP contribution in [0.4, 0.5) is 0 Å². The number of nitrogens with zero attached hydrogens (tertiary/aromatic N) is 3. The fourth-order valence-corrected chi connectivity index (χ4v) is 3.05. The topological polar surface area (TPSA) is 74.0 Å². The van der Waals surface area contributed by atoms with E-state index >= 15 is 0 Å². The molecule has 6 heteroatoms. The highest BCUT2D eigenvalue weighted by Crippen LogP contribution is 2.25. The molecule has 1 aliphatic carbocycles.